The number of aryl methyl sites for hydroxylation is 2. The number of amides is 2. The van der Waals surface area contributed by atoms with Gasteiger partial charge >= 0.3 is 6.03 Å². The zero-order valence-electron chi connectivity index (χ0n) is 15.7. The molecule has 2 aromatic rings. The molecule has 0 bridgehead atoms. The standard InChI is InChI=1S/C19H27N5O2/c1-14-5-4-6-17(21-14)18(16-7-8-16)22-19(25)24(9-10-26-3)13-15-11-20-23(2)12-15/h4-6,11-12,16,18H,7-10,13H2,1-3H3,(H,22,25)/t18-/m0/s1. The predicted octanol–water partition coefficient (Wildman–Crippen LogP) is 2.43. The molecule has 0 saturated heterocycles. The number of nitrogens with zero attached hydrogens (tertiary/aromatic N) is 4. The van der Waals surface area contributed by atoms with Gasteiger partial charge in [-0.1, -0.05) is 6.07 Å². The first-order valence-electron chi connectivity index (χ1n) is 9.02. The number of rotatable bonds is 8. The van der Waals surface area contributed by atoms with Crippen LogP contribution in [0.25, 0.3) is 0 Å². The van der Waals surface area contributed by atoms with Gasteiger partial charge in [0.1, 0.15) is 0 Å². The highest BCUT2D eigenvalue weighted by Crippen LogP contribution is 2.40. The second kappa shape index (κ2) is 8.31. The van der Waals surface area contributed by atoms with Crippen LogP contribution in [0.2, 0.25) is 0 Å². The van der Waals surface area contributed by atoms with Crippen molar-refractivity contribution >= 4 is 6.03 Å². The van der Waals surface area contributed by atoms with Crippen molar-refractivity contribution in [2.24, 2.45) is 13.0 Å². The molecule has 0 aliphatic heterocycles. The highest BCUT2D eigenvalue weighted by Gasteiger charge is 2.35. The van der Waals surface area contributed by atoms with Gasteiger partial charge in [-0.3, -0.25) is 9.67 Å². The van der Waals surface area contributed by atoms with Gasteiger partial charge in [-0.25, -0.2) is 4.79 Å². The largest absolute Gasteiger partial charge is 0.383 e. The van der Waals surface area contributed by atoms with Crippen LogP contribution in [-0.4, -0.2) is 46.0 Å². The Morgan fingerprint density at radius 1 is 1.46 bits per heavy atom. The first kappa shape index (κ1) is 18.4. The molecule has 2 aromatic heterocycles. The Hall–Kier alpha value is -2.41. The second-order valence-corrected chi connectivity index (χ2v) is 6.91. The van der Waals surface area contributed by atoms with Gasteiger partial charge in [-0.2, -0.15) is 5.10 Å². The zero-order valence-corrected chi connectivity index (χ0v) is 15.7. The van der Waals surface area contributed by atoms with Crippen LogP contribution < -0.4 is 5.32 Å². The molecule has 0 unspecified atom stereocenters. The number of nitrogens with one attached hydrogen (secondary N) is 1. The summed E-state index contributed by atoms with van der Waals surface area (Å²) in [4.78, 5) is 19.4. The maximum atomic E-state index is 13.0. The van der Waals surface area contributed by atoms with Crippen molar-refractivity contribution in [3.05, 3.63) is 47.5 Å². The SMILES string of the molecule is COCCN(Cc1cnn(C)c1)C(=O)N[C@H](c1cccc(C)n1)C1CC1. The van der Waals surface area contributed by atoms with Gasteiger partial charge in [0.05, 0.1) is 31.1 Å². The third-order valence-corrected chi connectivity index (χ3v) is 4.59. The summed E-state index contributed by atoms with van der Waals surface area (Å²) in [5.41, 5.74) is 2.90. The molecular weight excluding hydrogens is 330 g/mol. The maximum absolute atomic E-state index is 13.0. The molecule has 1 aliphatic rings. The van der Waals surface area contributed by atoms with E-state index in [4.69, 9.17) is 4.74 Å². The number of carbonyl (C=O) groups is 1. The van der Waals surface area contributed by atoms with E-state index in [2.05, 4.69) is 15.4 Å². The fourth-order valence-electron chi connectivity index (χ4n) is 3.05. The van der Waals surface area contributed by atoms with E-state index in [1.807, 2.05) is 38.4 Å². The van der Waals surface area contributed by atoms with Crippen molar-refractivity contribution < 1.29 is 9.53 Å². The van der Waals surface area contributed by atoms with Crippen LogP contribution in [0.4, 0.5) is 4.79 Å². The molecule has 1 saturated carbocycles. The van der Waals surface area contributed by atoms with Crippen molar-refractivity contribution in [3.8, 4) is 0 Å². The van der Waals surface area contributed by atoms with Crippen LogP contribution >= 0.6 is 0 Å². The number of ether oxygens (including phenoxy) is 1. The van der Waals surface area contributed by atoms with Gasteiger partial charge in [0.2, 0.25) is 0 Å². The summed E-state index contributed by atoms with van der Waals surface area (Å²) in [5.74, 6) is 0.468. The summed E-state index contributed by atoms with van der Waals surface area (Å²) in [5, 5.41) is 7.38. The number of urea groups is 1. The fraction of sp³-hybridized carbons (Fsp3) is 0.526. The Balaban J connectivity index is 1.72. The molecule has 26 heavy (non-hydrogen) atoms. The Labute approximate surface area is 154 Å². The van der Waals surface area contributed by atoms with Gasteiger partial charge in [0, 0.05) is 38.2 Å². The molecule has 7 nitrogen and oxygen atoms in total. The minimum absolute atomic E-state index is 0.0404. The van der Waals surface area contributed by atoms with Gasteiger partial charge < -0.3 is 15.0 Å². The zero-order chi connectivity index (χ0) is 18.5. The maximum Gasteiger partial charge on any atom is 0.318 e. The van der Waals surface area contributed by atoms with E-state index in [1.165, 1.54) is 0 Å². The van der Waals surface area contributed by atoms with Crippen LogP contribution in [0, 0.1) is 12.8 Å². The van der Waals surface area contributed by atoms with E-state index in [0.717, 1.165) is 29.8 Å². The van der Waals surface area contributed by atoms with E-state index < -0.39 is 0 Å². The molecule has 0 aromatic carbocycles. The lowest BCUT2D eigenvalue weighted by Crippen LogP contribution is -2.43. The number of methoxy groups -OCH3 is 1. The first-order chi connectivity index (χ1) is 12.6. The minimum atomic E-state index is -0.0916. The number of aromatic nitrogens is 3. The van der Waals surface area contributed by atoms with Crippen molar-refractivity contribution in [1.29, 1.82) is 0 Å². The summed E-state index contributed by atoms with van der Waals surface area (Å²) in [6.07, 6.45) is 5.96. The summed E-state index contributed by atoms with van der Waals surface area (Å²) < 4.78 is 6.92. The van der Waals surface area contributed by atoms with E-state index in [9.17, 15) is 4.79 Å². The predicted molar refractivity (Wildman–Crippen MR) is 98.5 cm³/mol. The quantitative estimate of drug-likeness (QED) is 0.788. The molecular formula is C19H27N5O2. The molecule has 3 rings (SSSR count). The number of hydrogen-bond acceptors (Lipinski definition) is 4. The molecule has 1 aliphatic carbocycles. The topological polar surface area (TPSA) is 72.3 Å². The van der Waals surface area contributed by atoms with E-state index >= 15 is 0 Å². The van der Waals surface area contributed by atoms with Crippen LogP contribution in [0.15, 0.2) is 30.6 Å². The molecule has 2 amide bonds. The lowest BCUT2D eigenvalue weighted by molar-refractivity contribution is 0.144. The van der Waals surface area contributed by atoms with Crippen LogP contribution in [0.5, 0.6) is 0 Å². The summed E-state index contributed by atoms with van der Waals surface area (Å²) in [7, 11) is 3.51. The average molecular weight is 357 g/mol. The Morgan fingerprint density at radius 2 is 2.27 bits per heavy atom. The van der Waals surface area contributed by atoms with E-state index in [0.29, 0.717) is 25.6 Å². The number of carbonyl (C=O) groups excluding carboxylic acids is 1. The highest BCUT2D eigenvalue weighted by atomic mass is 16.5. The Morgan fingerprint density at radius 3 is 2.88 bits per heavy atom. The van der Waals surface area contributed by atoms with Crippen LogP contribution in [-0.2, 0) is 18.3 Å². The molecule has 1 atom stereocenters. The third-order valence-electron chi connectivity index (χ3n) is 4.59. The van der Waals surface area contributed by atoms with Crippen molar-refractivity contribution in [2.75, 3.05) is 20.3 Å². The summed E-state index contributed by atoms with van der Waals surface area (Å²) in [6.45, 7) is 3.49. The molecule has 7 heteroatoms. The normalized spacial score (nSPS) is 14.9. The summed E-state index contributed by atoms with van der Waals surface area (Å²) >= 11 is 0. The smallest absolute Gasteiger partial charge is 0.318 e. The molecule has 0 spiro atoms. The highest BCUT2D eigenvalue weighted by molar-refractivity contribution is 5.74. The fourth-order valence-corrected chi connectivity index (χ4v) is 3.05. The first-order valence-corrected chi connectivity index (χ1v) is 9.02. The molecule has 2 heterocycles. The third kappa shape index (κ3) is 4.82. The second-order valence-electron chi connectivity index (χ2n) is 6.91. The minimum Gasteiger partial charge on any atom is -0.383 e. The monoisotopic (exact) mass is 357 g/mol. The van der Waals surface area contributed by atoms with Crippen LogP contribution in [0.3, 0.4) is 0 Å². The molecule has 1 fully saturated rings. The average Bonchev–Trinajstić information content (AvgIpc) is 3.38. The van der Waals surface area contributed by atoms with E-state index in [1.54, 1.807) is 22.9 Å². The Kier molecular flexibility index (Phi) is 5.88. The van der Waals surface area contributed by atoms with Crippen molar-refractivity contribution in [1.82, 2.24) is 25.0 Å². The Bertz CT molecular complexity index is 741. The molecule has 1 N–H and O–H groups in total. The van der Waals surface area contributed by atoms with Gasteiger partial charge in [0.25, 0.3) is 0 Å². The summed E-state index contributed by atoms with van der Waals surface area (Å²) in [6, 6.07) is 5.84. The molecule has 0 radical (unpaired) electrons. The van der Waals surface area contributed by atoms with Gasteiger partial charge in [-0.05, 0) is 37.8 Å². The van der Waals surface area contributed by atoms with Crippen LogP contribution in [0.1, 0.15) is 35.8 Å². The number of hydrogen-bond donors (Lipinski definition) is 1. The number of pyridine rings is 1. The van der Waals surface area contributed by atoms with E-state index in [-0.39, 0.29) is 12.1 Å². The lowest BCUT2D eigenvalue weighted by atomic mass is 10.1. The van der Waals surface area contributed by atoms with Gasteiger partial charge in [-0.15, -0.1) is 0 Å². The lowest BCUT2D eigenvalue weighted by Gasteiger charge is -2.26. The van der Waals surface area contributed by atoms with Crippen molar-refractivity contribution in [2.45, 2.75) is 32.4 Å². The van der Waals surface area contributed by atoms with Crippen molar-refractivity contribution in [3.63, 3.8) is 0 Å². The van der Waals surface area contributed by atoms with Gasteiger partial charge in [0.15, 0.2) is 0 Å². The molecule has 140 valence electrons.